The fourth-order valence-electron chi connectivity index (χ4n) is 5.66. The van der Waals surface area contributed by atoms with Crippen LogP contribution < -0.4 is 0 Å². The highest BCUT2D eigenvalue weighted by molar-refractivity contribution is 6.22. The summed E-state index contributed by atoms with van der Waals surface area (Å²) in [6, 6.07) is 20.6. The molecule has 0 saturated carbocycles. The average Bonchev–Trinajstić information content (AvgIpc) is 3.77. The number of H-pyrrole nitrogens is 2. The third-order valence-corrected chi connectivity index (χ3v) is 7.96. The molecule has 0 radical (unpaired) electrons. The number of aromatic amines is 2. The number of nitro groups is 1. The lowest BCUT2D eigenvalue weighted by atomic mass is 9.98. The first kappa shape index (κ1) is 27.4. The lowest BCUT2D eigenvalue weighted by Crippen LogP contribution is -2.20. The van der Waals surface area contributed by atoms with E-state index in [0.29, 0.717) is 27.9 Å². The number of rotatable bonds is 10. The smallest absolute Gasteiger partial charge is 0.270 e. The van der Waals surface area contributed by atoms with Gasteiger partial charge in [0.25, 0.3) is 5.69 Å². The van der Waals surface area contributed by atoms with E-state index in [9.17, 15) is 15.2 Å². The summed E-state index contributed by atoms with van der Waals surface area (Å²) in [5.41, 5.74) is 6.18. The average molecular weight is 563 g/mol. The third-order valence-electron chi connectivity index (χ3n) is 7.96. The molecule has 5 aromatic rings. The van der Waals surface area contributed by atoms with Gasteiger partial charge in [-0.25, -0.2) is 9.98 Å². The van der Waals surface area contributed by atoms with Gasteiger partial charge in [0.15, 0.2) is 5.88 Å². The number of aromatic hydroxyl groups is 1. The molecule has 9 heteroatoms. The number of fused-ring (bicyclic) bond motifs is 1. The fraction of sp³-hybridized carbons (Fsp3) is 0.273. The Labute approximate surface area is 244 Å². The molecule has 1 aliphatic heterocycles. The van der Waals surface area contributed by atoms with Gasteiger partial charge in [-0.2, -0.15) is 0 Å². The van der Waals surface area contributed by atoms with Gasteiger partial charge in [0, 0.05) is 35.0 Å². The summed E-state index contributed by atoms with van der Waals surface area (Å²) in [6.45, 7) is 5.57. The van der Waals surface area contributed by atoms with Gasteiger partial charge in [-0.3, -0.25) is 10.1 Å². The van der Waals surface area contributed by atoms with Crippen LogP contribution in [0.25, 0.3) is 22.2 Å². The summed E-state index contributed by atoms with van der Waals surface area (Å²) in [5.74, 6) is 0.845. The van der Waals surface area contributed by atoms with Crippen LogP contribution in [-0.4, -0.2) is 55.2 Å². The molecule has 1 fully saturated rings. The fourth-order valence-corrected chi connectivity index (χ4v) is 5.66. The molecule has 0 unspecified atom stereocenters. The highest BCUT2D eigenvalue weighted by Gasteiger charge is 2.21. The molecular weight excluding hydrogens is 528 g/mol. The van der Waals surface area contributed by atoms with Crippen molar-refractivity contribution in [1.82, 2.24) is 19.9 Å². The molecule has 42 heavy (non-hydrogen) atoms. The maximum Gasteiger partial charge on any atom is 0.270 e. The van der Waals surface area contributed by atoms with E-state index >= 15 is 0 Å². The van der Waals surface area contributed by atoms with Crippen molar-refractivity contribution in [3.05, 3.63) is 106 Å². The summed E-state index contributed by atoms with van der Waals surface area (Å²) in [4.78, 5) is 29.3. The van der Waals surface area contributed by atoms with Crippen LogP contribution in [0.3, 0.4) is 0 Å². The lowest BCUT2D eigenvalue weighted by molar-refractivity contribution is -0.384. The van der Waals surface area contributed by atoms with E-state index in [-0.39, 0.29) is 11.6 Å². The molecular formula is C33H34N6O3. The van der Waals surface area contributed by atoms with Gasteiger partial charge in [0.1, 0.15) is 5.82 Å². The van der Waals surface area contributed by atoms with E-state index in [1.165, 1.54) is 43.6 Å². The first-order valence-electron chi connectivity index (χ1n) is 14.5. The summed E-state index contributed by atoms with van der Waals surface area (Å²) in [7, 11) is 0. The number of aryl methyl sites for hydroxylation is 2. The molecule has 6 rings (SSSR count). The number of likely N-dealkylation sites (tertiary alicyclic amines) is 1. The molecule has 0 atom stereocenters. The Morgan fingerprint density at radius 3 is 2.50 bits per heavy atom. The van der Waals surface area contributed by atoms with Gasteiger partial charge in [-0.15, -0.1) is 0 Å². The largest absolute Gasteiger partial charge is 0.494 e. The van der Waals surface area contributed by atoms with Crippen LogP contribution in [0.2, 0.25) is 0 Å². The van der Waals surface area contributed by atoms with Crippen LogP contribution in [0.4, 0.5) is 11.4 Å². The molecule has 9 nitrogen and oxygen atoms in total. The zero-order valence-electron chi connectivity index (χ0n) is 23.6. The number of benzene rings is 3. The van der Waals surface area contributed by atoms with E-state index in [4.69, 9.17) is 4.99 Å². The Kier molecular flexibility index (Phi) is 7.83. The zero-order valence-corrected chi connectivity index (χ0v) is 23.6. The molecule has 3 N–H and O–H groups in total. The Morgan fingerprint density at radius 1 is 1.05 bits per heavy atom. The van der Waals surface area contributed by atoms with Crippen molar-refractivity contribution in [2.75, 3.05) is 19.6 Å². The van der Waals surface area contributed by atoms with Crippen LogP contribution in [0.15, 0.2) is 77.9 Å². The second-order valence-corrected chi connectivity index (χ2v) is 10.8. The molecule has 0 amide bonds. The second kappa shape index (κ2) is 12.0. The number of imidazole rings is 1. The minimum Gasteiger partial charge on any atom is -0.494 e. The minimum absolute atomic E-state index is 0.0502. The van der Waals surface area contributed by atoms with Gasteiger partial charge in [0.05, 0.1) is 33.8 Å². The van der Waals surface area contributed by atoms with E-state index in [1.54, 1.807) is 6.07 Å². The van der Waals surface area contributed by atoms with E-state index in [2.05, 4.69) is 38.9 Å². The molecule has 2 aromatic heterocycles. The van der Waals surface area contributed by atoms with Crippen molar-refractivity contribution in [2.24, 2.45) is 4.99 Å². The SMILES string of the molecule is CCc1ncc(-c2ccc(N=C(c3ccc(CCCN4CCCC4)cc3)c3c(O)[nH]c4ccc([N+](=O)[O-])cc34)cc2)[nH]1. The first-order valence-corrected chi connectivity index (χ1v) is 14.5. The van der Waals surface area contributed by atoms with Crippen molar-refractivity contribution in [1.29, 1.82) is 0 Å². The van der Waals surface area contributed by atoms with Crippen LogP contribution in [-0.2, 0) is 12.8 Å². The van der Waals surface area contributed by atoms with Crippen LogP contribution >= 0.6 is 0 Å². The highest BCUT2D eigenvalue weighted by atomic mass is 16.6. The van der Waals surface area contributed by atoms with Crippen LogP contribution in [0, 0.1) is 10.1 Å². The number of nitrogens with zero attached hydrogens (tertiary/aromatic N) is 4. The summed E-state index contributed by atoms with van der Waals surface area (Å²) in [5, 5.41) is 23.1. The number of hydrogen-bond donors (Lipinski definition) is 3. The Morgan fingerprint density at radius 2 is 1.81 bits per heavy atom. The van der Waals surface area contributed by atoms with Crippen molar-refractivity contribution in [2.45, 2.75) is 39.0 Å². The normalized spacial score (nSPS) is 14.2. The molecule has 3 aromatic carbocycles. The lowest BCUT2D eigenvalue weighted by Gasteiger charge is -2.14. The summed E-state index contributed by atoms with van der Waals surface area (Å²) in [6.07, 6.45) is 7.35. The summed E-state index contributed by atoms with van der Waals surface area (Å²) >= 11 is 0. The van der Waals surface area contributed by atoms with Gasteiger partial charge in [-0.1, -0.05) is 43.3 Å². The van der Waals surface area contributed by atoms with Crippen LogP contribution in [0.5, 0.6) is 5.88 Å². The minimum atomic E-state index is -0.431. The first-order chi connectivity index (χ1) is 20.5. The van der Waals surface area contributed by atoms with Crippen molar-refractivity contribution < 1.29 is 10.0 Å². The monoisotopic (exact) mass is 562 g/mol. The number of nitrogens with one attached hydrogen (secondary N) is 2. The maximum atomic E-state index is 11.6. The molecule has 1 saturated heterocycles. The maximum absolute atomic E-state index is 11.6. The van der Waals surface area contributed by atoms with Crippen molar-refractivity contribution >= 4 is 28.0 Å². The summed E-state index contributed by atoms with van der Waals surface area (Å²) < 4.78 is 0. The molecule has 1 aliphatic rings. The molecule has 0 aliphatic carbocycles. The van der Waals surface area contributed by atoms with Gasteiger partial charge in [-0.05, 0) is 74.6 Å². The van der Waals surface area contributed by atoms with Crippen molar-refractivity contribution in [3.63, 3.8) is 0 Å². The highest BCUT2D eigenvalue weighted by Crippen LogP contribution is 2.34. The predicted molar refractivity (Wildman–Crippen MR) is 166 cm³/mol. The second-order valence-electron chi connectivity index (χ2n) is 10.8. The number of aliphatic imine (C=N–C) groups is 1. The van der Waals surface area contributed by atoms with Crippen LogP contribution in [0.1, 0.15) is 48.7 Å². The quantitative estimate of drug-likeness (QED) is 0.0967. The topological polar surface area (TPSA) is 123 Å². The number of nitro benzene ring substituents is 1. The number of non-ortho nitro benzene ring substituents is 1. The van der Waals surface area contributed by atoms with Gasteiger partial charge >= 0.3 is 0 Å². The van der Waals surface area contributed by atoms with E-state index in [0.717, 1.165) is 48.5 Å². The van der Waals surface area contributed by atoms with Gasteiger partial charge in [0.2, 0.25) is 0 Å². The van der Waals surface area contributed by atoms with E-state index < -0.39 is 4.92 Å². The third kappa shape index (κ3) is 5.82. The molecule has 0 bridgehead atoms. The Bertz CT molecular complexity index is 1730. The predicted octanol–water partition coefficient (Wildman–Crippen LogP) is 6.93. The van der Waals surface area contributed by atoms with Crippen molar-refractivity contribution in [3.8, 4) is 17.1 Å². The Balaban J connectivity index is 1.36. The molecule has 214 valence electrons. The number of aromatic nitrogens is 3. The standard InChI is InChI=1S/C33H34N6O3/c1-2-30-34-21-29(36-30)23-11-13-25(14-12-23)35-32(31-27-20-26(39(41)42)15-16-28(27)37-33(31)40)24-9-7-22(8-10-24)6-5-19-38-17-3-4-18-38/h7-16,20-21,37,40H,2-6,17-19H2,1H3,(H,34,36). The van der Waals surface area contributed by atoms with Gasteiger partial charge < -0.3 is 20.0 Å². The molecule has 0 spiro atoms. The zero-order chi connectivity index (χ0) is 29.1. The Hall–Kier alpha value is -4.76. The molecule has 3 heterocycles. The van der Waals surface area contributed by atoms with E-state index in [1.807, 2.05) is 42.6 Å². The number of hydrogen-bond acceptors (Lipinski definition) is 6.